The molecule has 1 amide bonds. The highest BCUT2D eigenvalue weighted by molar-refractivity contribution is 5.94. The van der Waals surface area contributed by atoms with Crippen LogP contribution in [0.4, 0.5) is 5.69 Å². The van der Waals surface area contributed by atoms with Gasteiger partial charge in [-0.2, -0.15) is 0 Å². The monoisotopic (exact) mass is 289 g/mol. The molecule has 116 valence electrons. The molecule has 2 rings (SSSR count). The van der Waals surface area contributed by atoms with Crippen molar-refractivity contribution in [3.63, 3.8) is 0 Å². The first-order valence-electron chi connectivity index (χ1n) is 7.97. The molecule has 0 radical (unpaired) electrons. The third-order valence-corrected chi connectivity index (χ3v) is 4.21. The van der Waals surface area contributed by atoms with Crippen molar-refractivity contribution in [1.82, 2.24) is 10.6 Å². The summed E-state index contributed by atoms with van der Waals surface area (Å²) in [5.41, 5.74) is 1.89. The van der Waals surface area contributed by atoms with E-state index in [1.807, 2.05) is 24.3 Å². The fourth-order valence-electron chi connectivity index (χ4n) is 2.82. The third-order valence-electron chi connectivity index (χ3n) is 4.21. The van der Waals surface area contributed by atoms with E-state index in [4.69, 9.17) is 0 Å². The van der Waals surface area contributed by atoms with Gasteiger partial charge in [0.05, 0.1) is 0 Å². The molecule has 2 atom stereocenters. The Labute approximate surface area is 127 Å². The molecule has 0 saturated carbocycles. The van der Waals surface area contributed by atoms with E-state index in [2.05, 4.69) is 36.4 Å². The van der Waals surface area contributed by atoms with Crippen LogP contribution in [-0.4, -0.2) is 38.1 Å². The molecule has 1 fully saturated rings. The van der Waals surface area contributed by atoms with E-state index >= 15 is 0 Å². The first-order valence-corrected chi connectivity index (χ1v) is 7.97. The average Bonchev–Trinajstić information content (AvgIpc) is 2.50. The topological polar surface area (TPSA) is 44.4 Å². The van der Waals surface area contributed by atoms with Crippen LogP contribution in [-0.2, 0) is 0 Å². The summed E-state index contributed by atoms with van der Waals surface area (Å²) in [6.07, 6.45) is 3.29. The largest absolute Gasteiger partial charge is 0.375 e. The predicted molar refractivity (Wildman–Crippen MR) is 88.0 cm³/mol. The van der Waals surface area contributed by atoms with Gasteiger partial charge in [0.25, 0.3) is 5.91 Å². The molecule has 4 nitrogen and oxygen atoms in total. The van der Waals surface area contributed by atoms with Gasteiger partial charge in [-0.1, -0.05) is 6.92 Å². The van der Waals surface area contributed by atoms with Gasteiger partial charge >= 0.3 is 0 Å². The number of benzene rings is 1. The molecule has 1 saturated heterocycles. The first-order chi connectivity index (χ1) is 10.1. The summed E-state index contributed by atoms with van der Waals surface area (Å²) in [5.74, 6) is 0.0280. The Morgan fingerprint density at radius 3 is 2.71 bits per heavy atom. The molecule has 1 aliphatic heterocycles. The maximum absolute atomic E-state index is 12.3. The van der Waals surface area contributed by atoms with Crippen molar-refractivity contribution in [2.24, 2.45) is 0 Å². The van der Waals surface area contributed by atoms with Crippen molar-refractivity contribution in [1.29, 1.82) is 0 Å². The highest BCUT2D eigenvalue weighted by Crippen LogP contribution is 2.15. The summed E-state index contributed by atoms with van der Waals surface area (Å²) in [7, 11) is 2.08. The van der Waals surface area contributed by atoms with E-state index in [0.29, 0.717) is 6.04 Å². The van der Waals surface area contributed by atoms with Crippen LogP contribution < -0.4 is 15.5 Å². The van der Waals surface area contributed by atoms with Crippen molar-refractivity contribution in [3.05, 3.63) is 29.8 Å². The van der Waals surface area contributed by atoms with Crippen molar-refractivity contribution in [2.75, 3.05) is 25.0 Å². The van der Waals surface area contributed by atoms with Crippen molar-refractivity contribution in [3.8, 4) is 0 Å². The Bertz CT molecular complexity index is 458. The number of carbonyl (C=O) groups is 1. The number of anilines is 1. The van der Waals surface area contributed by atoms with Crippen LogP contribution in [0.5, 0.6) is 0 Å². The zero-order valence-electron chi connectivity index (χ0n) is 13.4. The normalized spacial score (nSPS) is 21.9. The molecule has 0 bridgehead atoms. The molecule has 2 unspecified atom stereocenters. The minimum atomic E-state index is 0.0280. The van der Waals surface area contributed by atoms with E-state index < -0.39 is 0 Å². The highest BCUT2D eigenvalue weighted by atomic mass is 16.1. The molecule has 1 aromatic rings. The van der Waals surface area contributed by atoms with Crippen LogP contribution in [0, 0.1) is 0 Å². The van der Waals surface area contributed by atoms with Gasteiger partial charge in [-0.05, 0) is 57.0 Å². The van der Waals surface area contributed by atoms with Gasteiger partial charge in [-0.3, -0.25) is 4.79 Å². The van der Waals surface area contributed by atoms with E-state index in [1.54, 1.807) is 0 Å². The summed E-state index contributed by atoms with van der Waals surface area (Å²) >= 11 is 0. The molecule has 21 heavy (non-hydrogen) atoms. The second-order valence-electron chi connectivity index (χ2n) is 5.93. The maximum Gasteiger partial charge on any atom is 0.251 e. The Morgan fingerprint density at radius 1 is 1.38 bits per heavy atom. The zero-order chi connectivity index (χ0) is 15.2. The fourth-order valence-corrected chi connectivity index (χ4v) is 2.82. The van der Waals surface area contributed by atoms with E-state index in [9.17, 15) is 4.79 Å². The second kappa shape index (κ2) is 7.46. The molecular formula is C17H27N3O. The van der Waals surface area contributed by atoms with Crippen LogP contribution in [0.15, 0.2) is 24.3 Å². The van der Waals surface area contributed by atoms with Crippen LogP contribution in [0.25, 0.3) is 0 Å². The lowest BCUT2D eigenvalue weighted by atomic mass is 9.99. The third kappa shape index (κ3) is 4.21. The van der Waals surface area contributed by atoms with Crippen LogP contribution in [0.2, 0.25) is 0 Å². The van der Waals surface area contributed by atoms with E-state index in [0.717, 1.165) is 43.6 Å². The Hall–Kier alpha value is -1.55. The number of hydrogen-bond acceptors (Lipinski definition) is 3. The average molecular weight is 289 g/mol. The van der Waals surface area contributed by atoms with Crippen LogP contribution in [0.3, 0.4) is 0 Å². The van der Waals surface area contributed by atoms with Gasteiger partial charge in [0.2, 0.25) is 0 Å². The predicted octanol–water partition coefficient (Wildman–Crippen LogP) is 2.40. The number of rotatable bonds is 5. The summed E-state index contributed by atoms with van der Waals surface area (Å²) in [6, 6.07) is 8.45. The van der Waals surface area contributed by atoms with Crippen LogP contribution >= 0.6 is 0 Å². The quantitative estimate of drug-likeness (QED) is 0.875. The van der Waals surface area contributed by atoms with Gasteiger partial charge in [-0.25, -0.2) is 0 Å². The van der Waals surface area contributed by atoms with E-state index in [-0.39, 0.29) is 11.9 Å². The summed E-state index contributed by atoms with van der Waals surface area (Å²) < 4.78 is 0. The number of piperidine rings is 1. The van der Waals surface area contributed by atoms with Gasteiger partial charge in [-0.15, -0.1) is 0 Å². The summed E-state index contributed by atoms with van der Waals surface area (Å²) in [4.78, 5) is 14.5. The van der Waals surface area contributed by atoms with Crippen LogP contribution in [0.1, 0.15) is 43.5 Å². The molecule has 2 N–H and O–H groups in total. The Morgan fingerprint density at radius 2 is 2.10 bits per heavy atom. The zero-order valence-corrected chi connectivity index (χ0v) is 13.4. The van der Waals surface area contributed by atoms with Gasteiger partial charge in [0.1, 0.15) is 0 Å². The molecule has 1 aliphatic rings. The smallest absolute Gasteiger partial charge is 0.251 e. The van der Waals surface area contributed by atoms with Gasteiger partial charge < -0.3 is 15.5 Å². The molecule has 1 aromatic carbocycles. The molecule has 0 aliphatic carbocycles. The first kappa shape index (κ1) is 15.8. The Kier molecular flexibility index (Phi) is 5.62. The van der Waals surface area contributed by atoms with Crippen molar-refractivity contribution in [2.45, 2.75) is 45.2 Å². The fraction of sp³-hybridized carbons (Fsp3) is 0.588. The lowest BCUT2D eigenvalue weighted by Crippen LogP contribution is -2.51. The number of nitrogens with one attached hydrogen (secondary N) is 2. The Balaban J connectivity index is 1.96. The number of amides is 1. The van der Waals surface area contributed by atoms with E-state index in [1.165, 1.54) is 0 Å². The molecule has 0 aromatic heterocycles. The van der Waals surface area contributed by atoms with Crippen molar-refractivity contribution >= 4 is 11.6 Å². The molecule has 0 spiro atoms. The SMILES string of the molecule is CCCN(C)c1ccc(C(=O)NC2CCCNC2C)cc1. The number of carbonyl (C=O) groups excluding carboxylic acids is 1. The molecule has 4 heteroatoms. The lowest BCUT2D eigenvalue weighted by Gasteiger charge is -2.30. The van der Waals surface area contributed by atoms with Crippen molar-refractivity contribution < 1.29 is 4.79 Å². The summed E-state index contributed by atoms with van der Waals surface area (Å²) in [5, 5.41) is 6.55. The number of hydrogen-bond donors (Lipinski definition) is 2. The van der Waals surface area contributed by atoms with Gasteiger partial charge in [0, 0.05) is 36.9 Å². The number of nitrogens with zero attached hydrogens (tertiary/aromatic N) is 1. The molecular weight excluding hydrogens is 262 g/mol. The second-order valence-corrected chi connectivity index (χ2v) is 5.93. The molecule has 1 heterocycles. The minimum absolute atomic E-state index is 0.0280. The summed E-state index contributed by atoms with van der Waals surface area (Å²) in [6.45, 7) is 6.37. The standard InChI is InChI=1S/C17H27N3O/c1-4-12-20(3)15-9-7-14(8-10-15)17(21)19-16-6-5-11-18-13(16)2/h7-10,13,16,18H,4-6,11-12H2,1-3H3,(H,19,21). The highest BCUT2D eigenvalue weighted by Gasteiger charge is 2.22. The lowest BCUT2D eigenvalue weighted by molar-refractivity contribution is 0.0920. The van der Waals surface area contributed by atoms with Gasteiger partial charge in [0.15, 0.2) is 0 Å². The minimum Gasteiger partial charge on any atom is -0.375 e. The maximum atomic E-state index is 12.3.